The minimum Gasteiger partial charge on any atom is -0.481 e. The van der Waals surface area contributed by atoms with E-state index in [-0.39, 0.29) is 12.5 Å². The first-order valence-corrected chi connectivity index (χ1v) is 6.43. The number of carbonyl (C=O) groups is 1. The second-order valence-electron chi connectivity index (χ2n) is 3.68. The summed E-state index contributed by atoms with van der Waals surface area (Å²) in [6, 6.07) is 9.99. The van der Waals surface area contributed by atoms with Crippen LogP contribution in [0.5, 0.6) is 0 Å². The Morgan fingerprint density at radius 2 is 2.06 bits per heavy atom. The van der Waals surface area contributed by atoms with Crippen LogP contribution in [0.4, 0.5) is 0 Å². The molecule has 0 aromatic heterocycles. The largest absolute Gasteiger partial charge is 0.481 e. The van der Waals surface area contributed by atoms with E-state index in [1.165, 1.54) is 5.56 Å². The third-order valence-corrected chi connectivity index (χ3v) is 3.24. The highest BCUT2D eigenvalue weighted by molar-refractivity contribution is 7.98. The van der Waals surface area contributed by atoms with Crippen molar-refractivity contribution in [2.75, 3.05) is 5.75 Å². The number of rotatable bonds is 7. The molecule has 0 heterocycles. The molecule has 1 aromatic carbocycles. The fourth-order valence-electron chi connectivity index (χ4n) is 1.33. The summed E-state index contributed by atoms with van der Waals surface area (Å²) >= 11 is 1.79. The van der Waals surface area contributed by atoms with Gasteiger partial charge in [-0.1, -0.05) is 30.3 Å². The lowest BCUT2D eigenvalue weighted by Crippen LogP contribution is -2.24. The Morgan fingerprint density at radius 3 is 2.69 bits per heavy atom. The van der Waals surface area contributed by atoms with E-state index in [1.807, 2.05) is 18.2 Å². The quantitative estimate of drug-likeness (QED) is 0.715. The SMILES string of the molecule is NC(CCSCc1ccccc1)CC(=O)O. The first kappa shape index (κ1) is 13.1. The van der Waals surface area contributed by atoms with E-state index in [0.717, 1.165) is 17.9 Å². The zero-order chi connectivity index (χ0) is 11.8. The van der Waals surface area contributed by atoms with E-state index in [2.05, 4.69) is 12.1 Å². The molecule has 0 amide bonds. The summed E-state index contributed by atoms with van der Waals surface area (Å²) in [4.78, 5) is 10.4. The second kappa shape index (κ2) is 7.30. The molecule has 88 valence electrons. The Morgan fingerprint density at radius 1 is 1.38 bits per heavy atom. The molecule has 0 aliphatic heterocycles. The van der Waals surface area contributed by atoms with Gasteiger partial charge in [-0.05, 0) is 17.7 Å². The maximum Gasteiger partial charge on any atom is 0.304 e. The molecular weight excluding hydrogens is 222 g/mol. The van der Waals surface area contributed by atoms with E-state index in [9.17, 15) is 4.79 Å². The molecule has 0 fully saturated rings. The zero-order valence-corrected chi connectivity index (χ0v) is 9.95. The number of thioether (sulfide) groups is 1. The smallest absolute Gasteiger partial charge is 0.304 e. The van der Waals surface area contributed by atoms with E-state index >= 15 is 0 Å². The van der Waals surface area contributed by atoms with Gasteiger partial charge in [-0.2, -0.15) is 11.8 Å². The van der Waals surface area contributed by atoms with Crippen LogP contribution in [0.3, 0.4) is 0 Å². The fraction of sp³-hybridized carbons (Fsp3) is 0.417. The number of carboxylic acid groups (broad SMARTS) is 1. The molecule has 0 radical (unpaired) electrons. The van der Waals surface area contributed by atoms with Crippen LogP contribution in [-0.4, -0.2) is 22.9 Å². The standard InChI is InChI=1S/C12H17NO2S/c13-11(8-12(14)15)6-7-16-9-10-4-2-1-3-5-10/h1-5,11H,6-9,13H2,(H,14,15). The number of benzene rings is 1. The van der Waals surface area contributed by atoms with Gasteiger partial charge in [0.1, 0.15) is 0 Å². The van der Waals surface area contributed by atoms with Gasteiger partial charge in [-0.15, -0.1) is 0 Å². The van der Waals surface area contributed by atoms with Crippen LogP contribution in [0.1, 0.15) is 18.4 Å². The summed E-state index contributed by atoms with van der Waals surface area (Å²) in [5.74, 6) is 1.05. The second-order valence-corrected chi connectivity index (χ2v) is 4.79. The molecule has 3 nitrogen and oxygen atoms in total. The predicted molar refractivity (Wildman–Crippen MR) is 67.4 cm³/mol. The summed E-state index contributed by atoms with van der Waals surface area (Å²) in [5, 5.41) is 8.53. The summed E-state index contributed by atoms with van der Waals surface area (Å²) < 4.78 is 0. The lowest BCUT2D eigenvalue weighted by Gasteiger charge is -2.08. The molecule has 1 rings (SSSR count). The Bertz CT molecular complexity index is 316. The van der Waals surface area contributed by atoms with Crippen molar-refractivity contribution in [3.8, 4) is 0 Å². The van der Waals surface area contributed by atoms with E-state index < -0.39 is 5.97 Å². The van der Waals surface area contributed by atoms with E-state index in [1.54, 1.807) is 11.8 Å². The first-order valence-electron chi connectivity index (χ1n) is 5.27. The molecule has 0 saturated heterocycles. The third kappa shape index (κ3) is 5.78. The molecule has 1 aromatic rings. The number of carboxylic acids is 1. The molecule has 4 heteroatoms. The summed E-state index contributed by atoms with van der Waals surface area (Å²) in [6.45, 7) is 0. The first-order chi connectivity index (χ1) is 7.68. The molecule has 0 aliphatic rings. The van der Waals surface area contributed by atoms with E-state index in [0.29, 0.717) is 0 Å². The van der Waals surface area contributed by atoms with Crippen molar-refractivity contribution < 1.29 is 9.90 Å². The zero-order valence-electron chi connectivity index (χ0n) is 9.13. The summed E-state index contributed by atoms with van der Waals surface area (Å²) in [7, 11) is 0. The number of hydrogen-bond donors (Lipinski definition) is 2. The molecule has 16 heavy (non-hydrogen) atoms. The van der Waals surface area contributed by atoms with Crippen LogP contribution in [-0.2, 0) is 10.5 Å². The van der Waals surface area contributed by atoms with Gasteiger partial charge in [-0.3, -0.25) is 4.79 Å². The third-order valence-electron chi connectivity index (χ3n) is 2.18. The number of hydrogen-bond acceptors (Lipinski definition) is 3. The lowest BCUT2D eigenvalue weighted by atomic mass is 10.2. The van der Waals surface area contributed by atoms with Crippen molar-refractivity contribution >= 4 is 17.7 Å². The number of nitrogens with two attached hydrogens (primary N) is 1. The predicted octanol–water partition coefficient (Wildman–Crippen LogP) is 2.11. The average molecular weight is 239 g/mol. The fourth-order valence-corrected chi connectivity index (χ4v) is 2.37. The van der Waals surface area contributed by atoms with Crippen LogP contribution in [0.15, 0.2) is 30.3 Å². The van der Waals surface area contributed by atoms with Gasteiger partial charge in [0.15, 0.2) is 0 Å². The molecule has 1 atom stereocenters. The van der Waals surface area contributed by atoms with Gasteiger partial charge in [0.25, 0.3) is 0 Å². The Hall–Kier alpha value is -1.00. The van der Waals surface area contributed by atoms with Gasteiger partial charge in [0.2, 0.25) is 0 Å². The molecule has 1 unspecified atom stereocenters. The van der Waals surface area contributed by atoms with Gasteiger partial charge >= 0.3 is 5.97 Å². The van der Waals surface area contributed by atoms with Gasteiger partial charge in [-0.25, -0.2) is 0 Å². The Kier molecular flexibility index (Phi) is 5.96. The van der Waals surface area contributed by atoms with Crippen LogP contribution in [0.25, 0.3) is 0 Å². The van der Waals surface area contributed by atoms with Crippen molar-refractivity contribution in [3.05, 3.63) is 35.9 Å². The van der Waals surface area contributed by atoms with Crippen LogP contribution >= 0.6 is 11.8 Å². The van der Waals surface area contributed by atoms with E-state index in [4.69, 9.17) is 10.8 Å². The summed E-state index contributed by atoms with van der Waals surface area (Å²) in [6.07, 6.45) is 0.815. The van der Waals surface area contributed by atoms with Crippen molar-refractivity contribution in [2.45, 2.75) is 24.6 Å². The van der Waals surface area contributed by atoms with Crippen molar-refractivity contribution in [2.24, 2.45) is 5.73 Å². The monoisotopic (exact) mass is 239 g/mol. The van der Waals surface area contributed by atoms with Crippen LogP contribution in [0.2, 0.25) is 0 Å². The molecule has 3 N–H and O–H groups in total. The maximum atomic E-state index is 10.4. The topological polar surface area (TPSA) is 63.3 Å². The van der Waals surface area contributed by atoms with Crippen LogP contribution < -0.4 is 5.73 Å². The van der Waals surface area contributed by atoms with Crippen molar-refractivity contribution in [3.63, 3.8) is 0 Å². The van der Waals surface area contributed by atoms with Gasteiger partial charge in [0, 0.05) is 11.8 Å². The summed E-state index contributed by atoms with van der Waals surface area (Å²) in [5.41, 5.74) is 6.95. The van der Waals surface area contributed by atoms with Crippen molar-refractivity contribution in [1.29, 1.82) is 0 Å². The highest BCUT2D eigenvalue weighted by Gasteiger charge is 2.07. The lowest BCUT2D eigenvalue weighted by molar-refractivity contribution is -0.137. The number of aliphatic carboxylic acids is 1. The highest BCUT2D eigenvalue weighted by atomic mass is 32.2. The van der Waals surface area contributed by atoms with Gasteiger partial charge < -0.3 is 10.8 Å². The Balaban J connectivity index is 2.10. The minimum absolute atomic E-state index is 0.0614. The maximum absolute atomic E-state index is 10.4. The Labute approximate surface area is 100 Å². The normalized spacial score (nSPS) is 12.3. The molecule has 0 aliphatic carbocycles. The molecular formula is C12H17NO2S. The molecule has 0 spiro atoms. The highest BCUT2D eigenvalue weighted by Crippen LogP contribution is 2.13. The van der Waals surface area contributed by atoms with Gasteiger partial charge in [0.05, 0.1) is 6.42 Å². The molecule has 0 saturated carbocycles. The minimum atomic E-state index is -0.819. The van der Waals surface area contributed by atoms with Crippen LogP contribution in [0, 0.1) is 0 Å². The van der Waals surface area contributed by atoms with Crippen molar-refractivity contribution in [1.82, 2.24) is 0 Å². The average Bonchev–Trinajstić information content (AvgIpc) is 2.25. The molecule has 0 bridgehead atoms.